The van der Waals surface area contributed by atoms with Gasteiger partial charge in [0.1, 0.15) is 18.3 Å². The lowest BCUT2D eigenvalue weighted by atomic mass is 9.89. The minimum Gasteiger partial charge on any atom is -0.490 e. The Kier molecular flexibility index (Phi) is 5.76. The van der Waals surface area contributed by atoms with Crippen molar-refractivity contribution in [3.63, 3.8) is 0 Å². The van der Waals surface area contributed by atoms with Gasteiger partial charge in [0, 0.05) is 5.70 Å². The van der Waals surface area contributed by atoms with Crippen LogP contribution in [0, 0.1) is 5.92 Å². The van der Waals surface area contributed by atoms with Crippen LogP contribution in [0.2, 0.25) is 0 Å². The fraction of sp³-hybridized carbons (Fsp3) is 0.294. The molecule has 122 valence electrons. The van der Waals surface area contributed by atoms with Crippen molar-refractivity contribution < 1.29 is 14.3 Å². The molecule has 5 nitrogen and oxygen atoms in total. The number of thiocarbonyl (C=S) groups is 1. The maximum absolute atomic E-state index is 12.3. The molecule has 1 aliphatic rings. The molecule has 0 amide bonds. The van der Waals surface area contributed by atoms with E-state index in [4.69, 9.17) is 21.7 Å². The smallest absolute Gasteiger partial charge is 0.317 e. The molecule has 1 saturated heterocycles. The summed E-state index contributed by atoms with van der Waals surface area (Å²) < 4.78 is 10.7. The summed E-state index contributed by atoms with van der Waals surface area (Å²) in [5, 5.41) is 6.45. The zero-order chi connectivity index (χ0) is 16.8. The molecule has 0 unspecified atom stereocenters. The van der Waals surface area contributed by atoms with Crippen molar-refractivity contribution in [2.24, 2.45) is 5.92 Å². The Morgan fingerprint density at radius 1 is 1.48 bits per heavy atom. The van der Waals surface area contributed by atoms with Gasteiger partial charge in [0.05, 0.1) is 12.6 Å². The monoisotopic (exact) mass is 332 g/mol. The molecule has 1 aromatic rings. The largest absolute Gasteiger partial charge is 0.490 e. The third-order valence-corrected chi connectivity index (χ3v) is 3.61. The molecule has 1 heterocycles. The number of carbonyl (C=O) groups excluding carboxylic acids is 1. The van der Waals surface area contributed by atoms with E-state index in [1.165, 1.54) is 0 Å². The van der Waals surface area contributed by atoms with Gasteiger partial charge < -0.3 is 20.1 Å². The molecule has 0 aromatic heterocycles. The summed E-state index contributed by atoms with van der Waals surface area (Å²) >= 11 is 5.19. The highest BCUT2D eigenvalue weighted by Crippen LogP contribution is 2.32. The second kappa shape index (κ2) is 7.78. The molecule has 23 heavy (non-hydrogen) atoms. The number of ether oxygens (including phenoxy) is 2. The average Bonchev–Trinajstić information content (AvgIpc) is 2.52. The highest BCUT2D eigenvalue weighted by Gasteiger charge is 2.37. The number of hydrogen-bond acceptors (Lipinski definition) is 4. The molecule has 0 saturated carbocycles. The van der Waals surface area contributed by atoms with Crippen LogP contribution >= 0.6 is 12.2 Å². The van der Waals surface area contributed by atoms with Gasteiger partial charge in [-0.1, -0.05) is 31.4 Å². The second-order valence-corrected chi connectivity index (χ2v) is 5.41. The zero-order valence-corrected chi connectivity index (χ0v) is 13.8. The van der Waals surface area contributed by atoms with Gasteiger partial charge in [-0.2, -0.15) is 0 Å². The normalized spacial score (nSPS) is 20.2. The predicted octanol–water partition coefficient (Wildman–Crippen LogP) is 2.46. The Labute approximate surface area is 141 Å². The van der Waals surface area contributed by atoms with Crippen molar-refractivity contribution >= 4 is 23.3 Å². The molecule has 0 spiro atoms. The van der Waals surface area contributed by atoms with Gasteiger partial charge in [-0.3, -0.25) is 4.79 Å². The van der Waals surface area contributed by atoms with Gasteiger partial charge in [0.2, 0.25) is 0 Å². The second-order valence-electron chi connectivity index (χ2n) is 5.00. The molecule has 6 heteroatoms. The van der Waals surface area contributed by atoms with E-state index in [1.807, 2.05) is 24.3 Å². The summed E-state index contributed by atoms with van der Waals surface area (Å²) in [5.41, 5.74) is 1.39. The van der Waals surface area contributed by atoms with Crippen LogP contribution in [0.4, 0.5) is 0 Å². The first-order valence-corrected chi connectivity index (χ1v) is 7.74. The lowest BCUT2D eigenvalue weighted by molar-refractivity contribution is -0.147. The standard InChI is InChI=1S/C17H20N2O3S/c1-4-9-22-13-8-6-7-12(10-13)15-14(16(20)21-5-2)11(3)18-17(23)19-15/h4,6-8,10,14-15H,1,3,5,9H2,2H3,(H2,18,19,23)/t14-,15+/m0/s1. The molecule has 0 aliphatic carbocycles. The zero-order valence-electron chi connectivity index (χ0n) is 13.0. The van der Waals surface area contributed by atoms with Crippen LogP contribution in [-0.2, 0) is 9.53 Å². The number of rotatable bonds is 6. The minimum atomic E-state index is -0.573. The summed E-state index contributed by atoms with van der Waals surface area (Å²) in [6.45, 7) is 10.0. The van der Waals surface area contributed by atoms with Crippen molar-refractivity contribution in [2.75, 3.05) is 13.2 Å². The van der Waals surface area contributed by atoms with Gasteiger partial charge in [0.15, 0.2) is 5.11 Å². The van der Waals surface area contributed by atoms with E-state index in [0.29, 0.717) is 29.8 Å². The van der Waals surface area contributed by atoms with E-state index in [2.05, 4.69) is 23.8 Å². The van der Waals surface area contributed by atoms with Crippen LogP contribution in [0.5, 0.6) is 5.75 Å². The summed E-state index contributed by atoms with van der Waals surface area (Å²) in [6, 6.07) is 7.13. The van der Waals surface area contributed by atoms with Crippen molar-refractivity contribution in [1.82, 2.24) is 10.6 Å². The molecule has 2 N–H and O–H groups in total. The topological polar surface area (TPSA) is 59.6 Å². The SMILES string of the molecule is C=CCOc1cccc([C@H]2NC(=S)NC(=C)[C@@H]2C(=O)OCC)c1. The molecule has 1 aliphatic heterocycles. The molecule has 2 rings (SSSR count). The molecule has 0 radical (unpaired) electrons. The third-order valence-electron chi connectivity index (χ3n) is 3.40. The molecule has 2 atom stereocenters. The Hall–Kier alpha value is -2.34. The summed E-state index contributed by atoms with van der Waals surface area (Å²) in [6.07, 6.45) is 1.67. The molecular weight excluding hydrogens is 312 g/mol. The molecular formula is C17H20N2O3S. The fourth-order valence-electron chi connectivity index (χ4n) is 2.42. The number of hydrogen-bond donors (Lipinski definition) is 2. The highest BCUT2D eigenvalue weighted by molar-refractivity contribution is 7.80. The van der Waals surface area contributed by atoms with E-state index in [0.717, 1.165) is 5.56 Å². The number of benzene rings is 1. The quantitative estimate of drug-likeness (QED) is 0.474. The van der Waals surface area contributed by atoms with Crippen LogP contribution in [-0.4, -0.2) is 24.3 Å². The van der Waals surface area contributed by atoms with Crippen LogP contribution in [0.3, 0.4) is 0 Å². The van der Waals surface area contributed by atoms with Crippen molar-refractivity contribution in [3.05, 3.63) is 54.8 Å². The van der Waals surface area contributed by atoms with Crippen molar-refractivity contribution in [2.45, 2.75) is 13.0 Å². The Morgan fingerprint density at radius 3 is 2.96 bits per heavy atom. The van der Waals surface area contributed by atoms with E-state index in [9.17, 15) is 4.79 Å². The maximum Gasteiger partial charge on any atom is 0.317 e. The molecule has 1 aromatic carbocycles. The van der Waals surface area contributed by atoms with Crippen molar-refractivity contribution in [1.29, 1.82) is 0 Å². The minimum absolute atomic E-state index is 0.308. The van der Waals surface area contributed by atoms with Crippen LogP contribution < -0.4 is 15.4 Å². The first-order valence-electron chi connectivity index (χ1n) is 7.33. The molecule has 0 bridgehead atoms. The number of esters is 1. The Balaban J connectivity index is 2.31. The Morgan fingerprint density at radius 2 is 2.26 bits per heavy atom. The summed E-state index contributed by atoms with van der Waals surface area (Å²) in [7, 11) is 0. The van der Waals surface area contributed by atoms with Crippen LogP contribution in [0.25, 0.3) is 0 Å². The first kappa shape index (κ1) is 17.0. The summed E-state index contributed by atoms with van der Waals surface area (Å²) in [5.74, 6) is -0.222. The highest BCUT2D eigenvalue weighted by atomic mass is 32.1. The third kappa shape index (κ3) is 4.10. The van der Waals surface area contributed by atoms with E-state index >= 15 is 0 Å². The number of carbonyl (C=O) groups is 1. The maximum atomic E-state index is 12.3. The van der Waals surface area contributed by atoms with E-state index in [-0.39, 0.29) is 12.0 Å². The van der Waals surface area contributed by atoms with Crippen LogP contribution in [0.1, 0.15) is 18.5 Å². The number of nitrogens with one attached hydrogen (secondary N) is 2. The first-order chi connectivity index (χ1) is 11.1. The van der Waals surface area contributed by atoms with Gasteiger partial charge in [0.25, 0.3) is 0 Å². The van der Waals surface area contributed by atoms with Crippen molar-refractivity contribution in [3.8, 4) is 5.75 Å². The van der Waals surface area contributed by atoms with Gasteiger partial charge in [-0.05, 0) is 36.8 Å². The van der Waals surface area contributed by atoms with Crippen LogP contribution in [0.15, 0.2) is 49.2 Å². The van der Waals surface area contributed by atoms with E-state index in [1.54, 1.807) is 13.0 Å². The van der Waals surface area contributed by atoms with Gasteiger partial charge >= 0.3 is 5.97 Å². The lowest BCUT2D eigenvalue weighted by Gasteiger charge is -2.34. The Bertz CT molecular complexity index is 630. The predicted molar refractivity (Wildman–Crippen MR) is 93.0 cm³/mol. The molecule has 1 fully saturated rings. The lowest BCUT2D eigenvalue weighted by Crippen LogP contribution is -2.51. The fourth-order valence-corrected chi connectivity index (χ4v) is 2.68. The average molecular weight is 332 g/mol. The van der Waals surface area contributed by atoms with Gasteiger partial charge in [-0.25, -0.2) is 0 Å². The van der Waals surface area contributed by atoms with E-state index < -0.39 is 5.92 Å². The van der Waals surface area contributed by atoms with Gasteiger partial charge in [-0.15, -0.1) is 0 Å². The summed E-state index contributed by atoms with van der Waals surface area (Å²) in [4.78, 5) is 12.3.